The molecule has 0 amide bonds. The van der Waals surface area contributed by atoms with Crippen LogP contribution < -0.4 is 14.7 Å². The van der Waals surface area contributed by atoms with Gasteiger partial charge in [-0.3, -0.25) is 0 Å². The Morgan fingerprint density at radius 3 is 2.21 bits per heavy atom. The lowest BCUT2D eigenvalue weighted by Crippen LogP contribution is -2.46. The van der Waals surface area contributed by atoms with E-state index in [0.717, 1.165) is 32.0 Å². The zero-order valence-corrected chi connectivity index (χ0v) is 14.0. The maximum absolute atomic E-state index is 11.1. The summed E-state index contributed by atoms with van der Waals surface area (Å²) < 4.78 is 0. The Hall–Kier alpha value is -2.76. The molecule has 1 aromatic carbocycles. The number of pyridine rings is 1. The fourth-order valence-electron chi connectivity index (χ4n) is 2.87. The molecule has 2 heterocycles. The predicted octanol–water partition coefficient (Wildman–Crippen LogP) is 2.17. The third kappa shape index (κ3) is 3.42. The van der Waals surface area contributed by atoms with E-state index in [1.165, 1.54) is 17.4 Å². The number of hydrogen-bond donors (Lipinski definition) is 1. The van der Waals surface area contributed by atoms with Crippen LogP contribution in [0.3, 0.4) is 0 Å². The largest absolute Gasteiger partial charge is 0.477 e. The molecule has 0 saturated carbocycles. The average molecular weight is 326 g/mol. The lowest BCUT2D eigenvalue weighted by molar-refractivity contribution is 0.0690. The molecule has 3 rings (SSSR count). The zero-order chi connectivity index (χ0) is 17.1. The lowest BCUT2D eigenvalue weighted by atomic mass is 10.2. The van der Waals surface area contributed by atoms with Crippen LogP contribution in [0.4, 0.5) is 17.2 Å². The molecule has 0 bridgehead atoms. The molecule has 1 saturated heterocycles. The van der Waals surface area contributed by atoms with Crippen LogP contribution in [0.5, 0.6) is 0 Å². The topological polar surface area (TPSA) is 59.9 Å². The van der Waals surface area contributed by atoms with E-state index in [1.807, 2.05) is 20.2 Å². The van der Waals surface area contributed by atoms with E-state index in [-0.39, 0.29) is 5.69 Å². The van der Waals surface area contributed by atoms with Gasteiger partial charge in [-0.25, -0.2) is 9.78 Å². The van der Waals surface area contributed by atoms with Gasteiger partial charge in [-0.05, 0) is 36.4 Å². The molecule has 1 aliphatic rings. The van der Waals surface area contributed by atoms with Gasteiger partial charge in [-0.15, -0.1) is 0 Å². The normalized spacial score (nSPS) is 14.6. The quantitative estimate of drug-likeness (QED) is 0.929. The molecule has 1 N–H and O–H groups in total. The van der Waals surface area contributed by atoms with E-state index < -0.39 is 5.97 Å². The maximum Gasteiger partial charge on any atom is 0.354 e. The summed E-state index contributed by atoms with van der Waals surface area (Å²) in [5.74, 6) is -0.256. The van der Waals surface area contributed by atoms with Gasteiger partial charge in [0.05, 0.1) is 0 Å². The zero-order valence-electron chi connectivity index (χ0n) is 14.0. The Balaban J connectivity index is 1.65. The molecule has 0 unspecified atom stereocenters. The first-order valence-corrected chi connectivity index (χ1v) is 8.02. The highest BCUT2D eigenvalue weighted by molar-refractivity contribution is 5.85. The van der Waals surface area contributed by atoms with Crippen molar-refractivity contribution in [3.63, 3.8) is 0 Å². The van der Waals surface area contributed by atoms with E-state index in [1.54, 1.807) is 6.07 Å². The molecule has 1 aromatic heterocycles. The van der Waals surface area contributed by atoms with Crippen LogP contribution in [-0.2, 0) is 0 Å². The van der Waals surface area contributed by atoms with Crippen molar-refractivity contribution in [1.29, 1.82) is 0 Å². The van der Waals surface area contributed by atoms with E-state index in [9.17, 15) is 4.79 Å². The molecule has 0 radical (unpaired) electrons. The van der Waals surface area contributed by atoms with Crippen molar-refractivity contribution in [3.8, 4) is 0 Å². The first kappa shape index (κ1) is 16.1. The number of carboxylic acid groups (broad SMARTS) is 1. The van der Waals surface area contributed by atoms with Crippen LogP contribution in [0, 0.1) is 0 Å². The Morgan fingerprint density at radius 1 is 1.00 bits per heavy atom. The summed E-state index contributed by atoms with van der Waals surface area (Å²) in [5, 5.41) is 9.07. The summed E-state index contributed by atoms with van der Waals surface area (Å²) in [7, 11) is 4.07. The van der Waals surface area contributed by atoms with Crippen molar-refractivity contribution in [3.05, 3.63) is 48.2 Å². The van der Waals surface area contributed by atoms with E-state index in [0.29, 0.717) is 0 Å². The molecule has 6 heteroatoms. The molecule has 24 heavy (non-hydrogen) atoms. The number of aromatic carboxylic acids is 1. The highest BCUT2D eigenvalue weighted by Gasteiger charge is 2.19. The van der Waals surface area contributed by atoms with Gasteiger partial charge in [-0.1, -0.05) is 6.07 Å². The molecule has 1 aliphatic heterocycles. The molecular weight excluding hydrogens is 304 g/mol. The molecule has 0 aliphatic carbocycles. The number of carboxylic acids is 1. The molecule has 0 spiro atoms. The minimum atomic E-state index is -0.989. The Labute approximate surface area is 141 Å². The monoisotopic (exact) mass is 326 g/mol. The highest BCUT2D eigenvalue weighted by Crippen LogP contribution is 2.22. The van der Waals surface area contributed by atoms with Gasteiger partial charge < -0.3 is 19.8 Å². The van der Waals surface area contributed by atoms with Gasteiger partial charge in [0, 0.05) is 51.6 Å². The lowest BCUT2D eigenvalue weighted by Gasteiger charge is -2.37. The molecule has 6 nitrogen and oxygen atoms in total. The van der Waals surface area contributed by atoms with E-state index in [2.05, 4.69) is 43.9 Å². The number of benzene rings is 1. The number of carbonyl (C=O) groups is 1. The summed E-state index contributed by atoms with van der Waals surface area (Å²) in [5.41, 5.74) is 2.49. The number of rotatable bonds is 4. The van der Waals surface area contributed by atoms with Crippen molar-refractivity contribution >= 4 is 23.2 Å². The van der Waals surface area contributed by atoms with Crippen LogP contribution in [0.1, 0.15) is 10.5 Å². The standard InChI is InChI=1S/C18H22N4O2/c1-20(2)14-6-8-15(9-7-14)21-10-12-22(13-11-21)17-5-3-4-16(19-17)18(23)24/h3-9H,10-13H2,1-2H3,(H,23,24). The summed E-state index contributed by atoms with van der Waals surface area (Å²) >= 11 is 0. The van der Waals surface area contributed by atoms with Crippen LogP contribution >= 0.6 is 0 Å². The summed E-state index contributed by atoms with van der Waals surface area (Å²) in [6.45, 7) is 3.43. The van der Waals surface area contributed by atoms with Crippen molar-refractivity contribution < 1.29 is 9.90 Å². The Kier molecular flexibility index (Phi) is 4.55. The summed E-state index contributed by atoms with van der Waals surface area (Å²) in [4.78, 5) is 21.8. The minimum absolute atomic E-state index is 0.0919. The van der Waals surface area contributed by atoms with Crippen LogP contribution in [-0.4, -0.2) is 56.3 Å². The second-order valence-corrected chi connectivity index (χ2v) is 6.07. The van der Waals surface area contributed by atoms with Crippen LogP contribution in [0.15, 0.2) is 42.5 Å². The minimum Gasteiger partial charge on any atom is -0.477 e. The van der Waals surface area contributed by atoms with Crippen molar-refractivity contribution in [2.24, 2.45) is 0 Å². The van der Waals surface area contributed by atoms with E-state index >= 15 is 0 Å². The number of nitrogens with zero attached hydrogens (tertiary/aromatic N) is 4. The molecule has 2 aromatic rings. The van der Waals surface area contributed by atoms with Crippen molar-refractivity contribution in [2.45, 2.75) is 0 Å². The van der Waals surface area contributed by atoms with Crippen molar-refractivity contribution in [1.82, 2.24) is 4.98 Å². The van der Waals surface area contributed by atoms with Gasteiger partial charge in [0.1, 0.15) is 5.82 Å². The number of aromatic nitrogens is 1. The maximum atomic E-state index is 11.1. The Morgan fingerprint density at radius 2 is 1.62 bits per heavy atom. The molecular formula is C18H22N4O2. The summed E-state index contributed by atoms with van der Waals surface area (Å²) in [6, 6.07) is 13.7. The summed E-state index contributed by atoms with van der Waals surface area (Å²) in [6.07, 6.45) is 0. The average Bonchev–Trinajstić information content (AvgIpc) is 2.62. The van der Waals surface area contributed by atoms with Gasteiger partial charge in [0.2, 0.25) is 0 Å². The molecule has 0 atom stereocenters. The highest BCUT2D eigenvalue weighted by atomic mass is 16.4. The van der Waals surface area contributed by atoms with Gasteiger partial charge in [0.15, 0.2) is 5.69 Å². The third-order valence-electron chi connectivity index (χ3n) is 4.29. The fourth-order valence-corrected chi connectivity index (χ4v) is 2.87. The van der Waals surface area contributed by atoms with E-state index in [4.69, 9.17) is 5.11 Å². The first-order chi connectivity index (χ1) is 11.5. The molecule has 126 valence electrons. The smallest absolute Gasteiger partial charge is 0.354 e. The second kappa shape index (κ2) is 6.78. The van der Waals surface area contributed by atoms with Crippen LogP contribution in [0.25, 0.3) is 0 Å². The van der Waals surface area contributed by atoms with Crippen LogP contribution in [0.2, 0.25) is 0 Å². The van der Waals surface area contributed by atoms with Gasteiger partial charge >= 0.3 is 5.97 Å². The SMILES string of the molecule is CN(C)c1ccc(N2CCN(c3cccc(C(=O)O)n3)CC2)cc1. The number of hydrogen-bond acceptors (Lipinski definition) is 5. The molecule has 1 fully saturated rings. The number of piperazine rings is 1. The fraction of sp³-hybridized carbons (Fsp3) is 0.333. The van der Waals surface area contributed by atoms with Crippen molar-refractivity contribution in [2.75, 3.05) is 55.0 Å². The van der Waals surface area contributed by atoms with Gasteiger partial charge in [-0.2, -0.15) is 0 Å². The third-order valence-corrected chi connectivity index (χ3v) is 4.29. The first-order valence-electron chi connectivity index (χ1n) is 8.02. The second-order valence-electron chi connectivity index (χ2n) is 6.07. The number of anilines is 3. The Bertz CT molecular complexity index is 707. The van der Waals surface area contributed by atoms with Gasteiger partial charge in [0.25, 0.3) is 0 Å². The predicted molar refractivity (Wildman–Crippen MR) is 96.4 cm³/mol.